The highest BCUT2D eigenvalue weighted by Gasteiger charge is 2.06. The van der Waals surface area contributed by atoms with Gasteiger partial charge < -0.3 is 11.1 Å². The minimum absolute atomic E-state index is 0.389. The summed E-state index contributed by atoms with van der Waals surface area (Å²) in [6.07, 6.45) is 0. The number of nitrogens with one attached hydrogen (secondary N) is 1. The summed E-state index contributed by atoms with van der Waals surface area (Å²) in [6.45, 7) is 2.66. The van der Waals surface area contributed by atoms with Gasteiger partial charge >= 0.3 is 0 Å². The molecular weight excluding hydrogens is 330 g/mol. The normalized spacial score (nSPS) is 10.3. The molecule has 0 saturated heterocycles. The van der Waals surface area contributed by atoms with Crippen LogP contribution in [0.25, 0.3) is 0 Å². The number of halogens is 1. The third-order valence-electron chi connectivity index (χ3n) is 2.34. The number of hydrogen-bond donors (Lipinski definition) is 2. The van der Waals surface area contributed by atoms with Crippen LogP contribution in [0.5, 0.6) is 0 Å². The lowest BCUT2D eigenvalue weighted by Crippen LogP contribution is -2.13. The van der Waals surface area contributed by atoms with Crippen LogP contribution in [0, 0.1) is 6.92 Å². The number of anilines is 1. The highest BCUT2D eigenvalue weighted by molar-refractivity contribution is 9.10. The van der Waals surface area contributed by atoms with Gasteiger partial charge in [0, 0.05) is 26.8 Å². The van der Waals surface area contributed by atoms with Crippen LogP contribution in [0.2, 0.25) is 0 Å². The van der Waals surface area contributed by atoms with Gasteiger partial charge in [0.2, 0.25) is 0 Å². The number of nitrogens with zero attached hydrogens (tertiary/aromatic N) is 1. The molecule has 18 heavy (non-hydrogen) atoms. The topological polar surface area (TPSA) is 50.9 Å². The van der Waals surface area contributed by atoms with E-state index in [9.17, 15) is 0 Å². The Kier molecular flexibility index (Phi) is 4.31. The summed E-state index contributed by atoms with van der Waals surface area (Å²) in [5, 5.41) is 6.39. The van der Waals surface area contributed by atoms with Crippen molar-refractivity contribution in [1.29, 1.82) is 0 Å². The number of thiazole rings is 1. The molecule has 3 N–H and O–H groups in total. The van der Waals surface area contributed by atoms with Gasteiger partial charge in [-0.05, 0) is 25.1 Å². The molecule has 0 radical (unpaired) electrons. The quantitative estimate of drug-likeness (QED) is 0.836. The van der Waals surface area contributed by atoms with Crippen molar-refractivity contribution in [2.24, 2.45) is 5.73 Å². The van der Waals surface area contributed by atoms with E-state index in [0.717, 1.165) is 26.4 Å². The molecule has 6 heteroatoms. The summed E-state index contributed by atoms with van der Waals surface area (Å²) in [7, 11) is 0. The van der Waals surface area contributed by atoms with Crippen LogP contribution in [0.15, 0.2) is 28.1 Å². The SMILES string of the molecule is Cc1csc(CNc2cc(Br)ccc2C(N)=S)n1. The molecule has 0 aliphatic rings. The fourth-order valence-electron chi connectivity index (χ4n) is 1.53. The average molecular weight is 342 g/mol. The second kappa shape index (κ2) is 5.77. The van der Waals surface area contributed by atoms with Crippen LogP contribution >= 0.6 is 39.5 Å². The van der Waals surface area contributed by atoms with E-state index in [1.54, 1.807) is 11.3 Å². The minimum atomic E-state index is 0.389. The molecule has 3 nitrogen and oxygen atoms in total. The first-order valence-electron chi connectivity index (χ1n) is 5.30. The van der Waals surface area contributed by atoms with Crippen LogP contribution in [0.1, 0.15) is 16.3 Å². The third-order valence-corrected chi connectivity index (χ3v) is 4.02. The van der Waals surface area contributed by atoms with Gasteiger partial charge in [-0.1, -0.05) is 28.1 Å². The first kappa shape index (κ1) is 13.5. The smallest absolute Gasteiger partial charge is 0.112 e. The zero-order valence-corrected chi connectivity index (χ0v) is 13.0. The van der Waals surface area contributed by atoms with E-state index >= 15 is 0 Å². The van der Waals surface area contributed by atoms with Gasteiger partial charge in [0.1, 0.15) is 10.00 Å². The molecule has 2 rings (SSSR count). The third kappa shape index (κ3) is 3.28. The summed E-state index contributed by atoms with van der Waals surface area (Å²) < 4.78 is 0.986. The Labute approximate surface area is 124 Å². The van der Waals surface area contributed by atoms with Crippen LogP contribution in [-0.2, 0) is 6.54 Å². The Hall–Kier alpha value is -0.980. The molecule has 0 amide bonds. The van der Waals surface area contributed by atoms with Gasteiger partial charge in [-0.2, -0.15) is 0 Å². The van der Waals surface area contributed by atoms with E-state index in [0.29, 0.717) is 11.5 Å². The fourth-order valence-corrected chi connectivity index (χ4v) is 2.78. The van der Waals surface area contributed by atoms with Crippen LogP contribution < -0.4 is 11.1 Å². The van der Waals surface area contributed by atoms with Crippen molar-refractivity contribution < 1.29 is 0 Å². The van der Waals surface area contributed by atoms with Crippen LogP contribution in [0.3, 0.4) is 0 Å². The number of nitrogens with two attached hydrogens (primary N) is 1. The second-order valence-corrected chi connectivity index (χ2v) is 6.09. The lowest BCUT2D eigenvalue weighted by Gasteiger charge is -2.10. The Bertz CT molecular complexity index is 580. The predicted octanol–water partition coefficient (Wildman–Crippen LogP) is 3.46. The van der Waals surface area contributed by atoms with Gasteiger partial charge in [0.05, 0.1) is 6.54 Å². The first-order valence-corrected chi connectivity index (χ1v) is 7.38. The van der Waals surface area contributed by atoms with Crippen LogP contribution in [0.4, 0.5) is 5.69 Å². The molecule has 0 aliphatic carbocycles. The Morgan fingerprint density at radius 1 is 1.56 bits per heavy atom. The first-order chi connectivity index (χ1) is 8.56. The summed E-state index contributed by atoms with van der Waals surface area (Å²) in [6, 6.07) is 5.80. The summed E-state index contributed by atoms with van der Waals surface area (Å²) >= 11 is 10.1. The van der Waals surface area contributed by atoms with Crippen molar-refractivity contribution >= 4 is 50.2 Å². The molecule has 1 aromatic carbocycles. The van der Waals surface area contributed by atoms with Crippen molar-refractivity contribution in [2.45, 2.75) is 13.5 Å². The molecule has 0 aliphatic heterocycles. The van der Waals surface area contributed by atoms with Crippen molar-refractivity contribution in [3.8, 4) is 0 Å². The van der Waals surface area contributed by atoms with Crippen molar-refractivity contribution in [1.82, 2.24) is 4.98 Å². The zero-order valence-electron chi connectivity index (χ0n) is 9.74. The lowest BCUT2D eigenvalue weighted by molar-refractivity contribution is 1.07. The summed E-state index contributed by atoms with van der Waals surface area (Å²) in [4.78, 5) is 4.79. The van der Waals surface area contributed by atoms with Gasteiger partial charge in [-0.15, -0.1) is 11.3 Å². The van der Waals surface area contributed by atoms with E-state index in [1.807, 2.05) is 30.5 Å². The standard InChI is InChI=1S/C12H12BrN3S2/c1-7-6-18-11(16-7)5-15-10-4-8(13)2-3-9(10)12(14)17/h2-4,6,15H,5H2,1H3,(H2,14,17). The molecule has 0 fully saturated rings. The highest BCUT2D eigenvalue weighted by Crippen LogP contribution is 2.22. The number of thiocarbonyl (C=S) groups is 1. The van der Waals surface area contributed by atoms with Crippen molar-refractivity contribution in [2.75, 3.05) is 5.32 Å². The fraction of sp³-hybridized carbons (Fsp3) is 0.167. The molecule has 0 bridgehead atoms. The predicted molar refractivity (Wildman–Crippen MR) is 84.2 cm³/mol. The maximum Gasteiger partial charge on any atom is 0.112 e. The molecule has 0 saturated carbocycles. The Morgan fingerprint density at radius 2 is 2.33 bits per heavy atom. The number of aromatic nitrogens is 1. The molecule has 1 aromatic heterocycles. The van der Waals surface area contributed by atoms with Gasteiger partial charge in [0.15, 0.2) is 0 Å². The minimum Gasteiger partial charge on any atom is -0.389 e. The number of benzene rings is 1. The highest BCUT2D eigenvalue weighted by atomic mass is 79.9. The second-order valence-electron chi connectivity index (χ2n) is 3.79. The molecule has 0 spiro atoms. The van der Waals surface area contributed by atoms with Gasteiger partial charge in [-0.3, -0.25) is 0 Å². The van der Waals surface area contributed by atoms with Gasteiger partial charge in [0.25, 0.3) is 0 Å². The molecule has 1 heterocycles. The summed E-state index contributed by atoms with van der Waals surface area (Å²) in [5.41, 5.74) is 8.51. The maximum absolute atomic E-state index is 5.70. The number of hydrogen-bond acceptors (Lipinski definition) is 4. The van der Waals surface area contributed by atoms with E-state index in [4.69, 9.17) is 18.0 Å². The number of rotatable bonds is 4. The Morgan fingerprint density at radius 3 is 2.94 bits per heavy atom. The molecule has 2 aromatic rings. The summed E-state index contributed by atoms with van der Waals surface area (Å²) in [5.74, 6) is 0. The molecular formula is C12H12BrN3S2. The zero-order chi connectivity index (χ0) is 13.1. The van der Waals surface area contributed by atoms with E-state index < -0.39 is 0 Å². The maximum atomic E-state index is 5.70. The lowest BCUT2D eigenvalue weighted by atomic mass is 10.2. The van der Waals surface area contributed by atoms with Crippen molar-refractivity contribution in [3.63, 3.8) is 0 Å². The van der Waals surface area contributed by atoms with Crippen molar-refractivity contribution in [3.05, 3.63) is 44.3 Å². The number of aryl methyl sites for hydroxylation is 1. The molecule has 94 valence electrons. The largest absolute Gasteiger partial charge is 0.389 e. The average Bonchev–Trinajstić information content (AvgIpc) is 2.72. The van der Waals surface area contributed by atoms with E-state index in [2.05, 4.69) is 26.2 Å². The monoisotopic (exact) mass is 341 g/mol. The van der Waals surface area contributed by atoms with Gasteiger partial charge in [-0.25, -0.2) is 4.98 Å². The molecule has 0 unspecified atom stereocenters. The van der Waals surface area contributed by atoms with E-state index in [1.165, 1.54) is 0 Å². The van der Waals surface area contributed by atoms with E-state index in [-0.39, 0.29) is 0 Å². The molecule has 0 atom stereocenters. The van der Waals surface area contributed by atoms with Crippen LogP contribution in [-0.4, -0.2) is 9.97 Å². The Balaban J connectivity index is 2.17.